The lowest BCUT2D eigenvalue weighted by Gasteiger charge is -2.26. The van der Waals surface area contributed by atoms with Crippen LogP contribution in [-0.4, -0.2) is 47.9 Å². The normalized spacial score (nSPS) is 17.1. The molecule has 1 aliphatic heterocycles. The molecule has 4 rings (SSSR count). The van der Waals surface area contributed by atoms with Crippen LogP contribution in [0, 0.1) is 0 Å². The molecule has 1 fully saturated rings. The predicted molar refractivity (Wildman–Crippen MR) is 136 cm³/mol. The van der Waals surface area contributed by atoms with E-state index in [1.165, 1.54) is 24.1 Å². The molecule has 2 aromatic carbocycles. The van der Waals surface area contributed by atoms with Crippen LogP contribution in [0.15, 0.2) is 66.5 Å². The Morgan fingerprint density at radius 3 is 2.20 bits per heavy atom. The summed E-state index contributed by atoms with van der Waals surface area (Å²) < 4.78 is 5.18. The smallest absolute Gasteiger partial charge is 0.295 e. The summed E-state index contributed by atoms with van der Waals surface area (Å²) >= 11 is 12.5. The number of pyridine rings is 1. The Bertz CT molecular complexity index is 1280. The Hall–Kier alpha value is -3.55. The second-order valence-electron chi connectivity index (χ2n) is 8.24. The Labute approximate surface area is 213 Å². The minimum Gasteiger partial charge on any atom is -0.507 e. The second kappa shape index (κ2) is 9.98. The van der Waals surface area contributed by atoms with Gasteiger partial charge in [-0.15, -0.1) is 0 Å². The maximum atomic E-state index is 13.3. The van der Waals surface area contributed by atoms with Crippen molar-refractivity contribution in [2.45, 2.75) is 12.6 Å². The fraction of sp³-hybridized carbons (Fsp3) is 0.192. The molecule has 0 spiro atoms. The molecule has 35 heavy (non-hydrogen) atoms. The summed E-state index contributed by atoms with van der Waals surface area (Å²) in [6.07, 6.45) is 3.24. The highest BCUT2D eigenvalue weighted by Gasteiger charge is 2.46. The van der Waals surface area contributed by atoms with Gasteiger partial charge in [-0.3, -0.25) is 14.6 Å². The molecule has 1 aromatic heterocycles. The molecule has 180 valence electrons. The largest absolute Gasteiger partial charge is 0.507 e. The highest BCUT2D eigenvalue weighted by molar-refractivity contribution is 6.46. The van der Waals surface area contributed by atoms with E-state index in [0.29, 0.717) is 5.56 Å². The van der Waals surface area contributed by atoms with Gasteiger partial charge in [0.1, 0.15) is 5.76 Å². The molecule has 1 saturated heterocycles. The number of carbonyl (C=O) groups excluding carboxylic acids is 2. The number of Topliss-reactive ketones (excluding diaryl/α,β-unsaturated/α-hetero) is 1. The van der Waals surface area contributed by atoms with E-state index >= 15 is 0 Å². The number of methoxy groups -OCH3 is 1. The van der Waals surface area contributed by atoms with Gasteiger partial charge in [0.15, 0.2) is 5.75 Å². The van der Waals surface area contributed by atoms with Gasteiger partial charge in [-0.25, -0.2) is 0 Å². The molecule has 1 N–H and O–H groups in total. The molecule has 1 atom stereocenters. The fourth-order valence-electron chi connectivity index (χ4n) is 4.08. The third-order valence-corrected chi connectivity index (χ3v) is 6.40. The molecule has 0 bridgehead atoms. The Kier molecular flexibility index (Phi) is 7.00. The van der Waals surface area contributed by atoms with Crippen LogP contribution in [0.5, 0.6) is 5.75 Å². The fourth-order valence-corrected chi connectivity index (χ4v) is 4.72. The van der Waals surface area contributed by atoms with E-state index in [1.807, 2.05) is 43.3 Å². The Balaban J connectivity index is 1.88. The third-order valence-electron chi connectivity index (χ3n) is 5.84. The first kappa shape index (κ1) is 24.6. The van der Waals surface area contributed by atoms with Crippen molar-refractivity contribution in [1.82, 2.24) is 9.88 Å². The zero-order chi connectivity index (χ0) is 25.3. The van der Waals surface area contributed by atoms with Gasteiger partial charge in [-0.2, -0.15) is 0 Å². The maximum Gasteiger partial charge on any atom is 0.295 e. The number of rotatable bonds is 6. The molecule has 7 nitrogen and oxygen atoms in total. The Morgan fingerprint density at radius 1 is 1.06 bits per heavy atom. The highest BCUT2D eigenvalue weighted by atomic mass is 35.5. The summed E-state index contributed by atoms with van der Waals surface area (Å²) in [5.74, 6) is -1.62. The van der Waals surface area contributed by atoms with Gasteiger partial charge in [-0.05, 0) is 47.5 Å². The van der Waals surface area contributed by atoms with Crippen molar-refractivity contribution >= 4 is 46.3 Å². The van der Waals surface area contributed by atoms with Crippen LogP contribution < -0.4 is 9.64 Å². The highest BCUT2D eigenvalue weighted by Crippen LogP contribution is 2.42. The standard InChI is InChI=1S/C26H23Cl2N3O4/c1-30(2)18-6-4-16(5-7-18)22-21(23(32)17-12-19(27)25(35-3)20(28)13-17)24(33)26(34)31(22)14-15-8-10-29-11-9-15/h4-13,22,32H,14H2,1-3H3/b23-21+. The summed E-state index contributed by atoms with van der Waals surface area (Å²) in [6, 6.07) is 13.1. The van der Waals surface area contributed by atoms with Crippen molar-refractivity contribution in [1.29, 1.82) is 0 Å². The number of likely N-dealkylation sites (tertiary alicyclic amines) is 1. The summed E-state index contributed by atoms with van der Waals surface area (Å²) in [7, 11) is 5.26. The first-order valence-corrected chi connectivity index (χ1v) is 11.5. The number of carbonyl (C=O) groups is 2. The van der Waals surface area contributed by atoms with Gasteiger partial charge in [-0.1, -0.05) is 35.3 Å². The summed E-state index contributed by atoms with van der Waals surface area (Å²) in [6.45, 7) is 0.161. The molecule has 0 aliphatic carbocycles. The van der Waals surface area contributed by atoms with Crippen molar-refractivity contribution in [2.75, 3.05) is 26.1 Å². The van der Waals surface area contributed by atoms with E-state index in [9.17, 15) is 14.7 Å². The number of aliphatic hydroxyl groups is 1. The van der Waals surface area contributed by atoms with Gasteiger partial charge < -0.3 is 19.6 Å². The van der Waals surface area contributed by atoms with Crippen molar-refractivity contribution in [2.24, 2.45) is 0 Å². The van der Waals surface area contributed by atoms with Gasteiger partial charge in [0, 0.05) is 44.3 Å². The molecule has 1 amide bonds. The van der Waals surface area contributed by atoms with Gasteiger partial charge in [0.2, 0.25) is 0 Å². The van der Waals surface area contributed by atoms with E-state index in [1.54, 1.807) is 24.5 Å². The first-order chi connectivity index (χ1) is 16.7. The number of halogens is 2. The molecule has 3 aromatic rings. The van der Waals surface area contributed by atoms with E-state index < -0.39 is 17.7 Å². The maximum absolute atomic E-state index is 13.3. The Morgan fingerprint density at radius 2 is 1.66 bits per heavy atom. The van der Waals surface area contributed by atoms with E-state index in [2.05, 4.69) is 4.98 Å². The zero-order valence-electron chi connectivity index (χ0n) is 19.3. The topological polar surface area (TPSA) is 83.0 Å². The summed E-state index contributed by atoms with van der Waals surface area (Å²) in [4.78, 5) is 33.8. The average molecular weight is 512 g/mol. The molecule has 0 saturated carbocycles. The minimum atomic E-state index is -0.820. The van der Waals surface area contributed by atoms with E-state index in [0.717, 1.165) is 11.3 Å². The van der Waals surface area contributed by atoms with E-state index in [4.69, 9.17) is 27.9 Å². The lowest BCUT2D eigenvalue weighted by molar-refractivity contribution is -0.140. The third kappa shape index (κ3) is 4.70. The van der Waals surface area contributed by atoms with Crippen molar-refractivity contribution in [3.63, 3.8) is 0 Å². The molecule has 1 unspecified atom stereocenters. The number of anilines is 1. The van der Waals surface area contributed by atoms with Crippen LogP contribution in [0.3, 0.4) is 0 Å². The first-order valence-electron chi connectivity index (χ1n) is 10.7. The lowest BCUT2D eigenvalue weighted by atomic mass is 9.95. The van der Waals surface area contributed by atoms with Gasteiger partial charge in [0.05, 0.1) is 28.8 Å². The SMILES string of the molecule is COc1c(Cl)cc(/C(O)=C2\C(=O)C(=O)N(Cc3ccncc3)C2c2ccc(N(C)C)cc2)cc1Cl. The number of aromatic nitrogens is 1. The van der Waals surface area contributed by atoms with Gasteiger partial charge in [0.25, 0.3) is 11.7 Å². The number of amides is 1. The predicted octanol–water partition coefficient (Wildman–Crippen LogP) is 5.08. The number of benzene rings is 2. The molecule has 2 heterocycles. The molecular formula is C26H23Cl2N3O4. The van der Waals surface area contributed by atoms with Crippen LogP contribution in [0.4, 0.5) is 5.69 Å². The van der Waals surface area contributed by atoms with Crippen LogP contribution in [-0.2, 0) is 16.1 Å². The van der Waals surface area contributed by atoms with Crippen molar-refractivity contribution < 1.29 is 19.4 Å². The minimum absolute atomic E-state index is 0.0426. The van der Waals surface area contributed by atoms with Crippen LogP contribution in [0.1, 0.15) is 22.7 Å². The lowest BCUT2D eigenvalue weighted by Crippen LogP contribution is -2.29. The number of ether oxygens (including phenoxy) is 1. The monoisotopic (exact) mass is 511 g/mol. The van der Waals surface area contributed by atoms with Crippen molar-refractivity contribution in [3.05, 3.63) is 93.2 Å². The summed E-state index contributed by atoms with van der Waals surface area (Å²) in [5, 5.41) is 11.6. The van der Waals surface area contributed by atoms with Crippen LogP contribution in [0.25, 0.3) is 5.76 Å². The average Bonchev–Trinajstić information content (AvgIpc) is 3.09. The molecule has 9 heteroatoms. The number of hydrogen-bond donors (Lipinski definition) is 1. The van der Waals surface area contributed by atoms with Crippen molar-refractivity contribution in [3.8, 4) is 5.75 Å². The number of ketones is 1. The second-order valence-corrected chi connectivity index (χ2v) is 9.06. The zero-order valence-corrected chi connectivity index (χ0v) is 20.8. The molecular weight excluding hydrogens is 489 g/mol. The van der Waals surface area contributed by atoms with Gasteiger partial charge >= 0.3 is 0 Å². The van der Waals surface area contributed by atoms with Crippen LogP contribution >= 0.6 is 23.2 Å². The summed E-state index contributed by atoms with van der Waals surface area (Å²) in [5.41, 5.74) is 2.59. The molecule has 0 radical (unpaired) electrons. The molecule has 1 aliphatic rings. The number of nitrogens with zero attached hydrogens (tertiary/aromatic N) is 3. The van der Waals surface area contributed by atoms with E-state index in [-0.39, 0.29) is 39.2 Å². The number of hydrogen-bond acceptors (Lipinski definition) is 6. The number of aliphatic hydroxyl groups excluding tert-OH is 1. The van der Waals surface area contributed by atoms with Crippen LogP contribution in [0.2, 0.25) is 10.0 Å². The quantitative estimate of drug-likeness (QED) is 0.282.